The van der Waals surface area contributed by atoms with Gasteiger partial charge in [0, 0.05) is 50.0 Å². The van der Waals surface area contributed by atoms with Gasteiger partial charge in [-0.1, -0.05) is 19.1 Å². The molecule has 3 N–H and O–H groups in total. The molecule has 3 heterocycles. The molecule has 4 rings (SSSR count). The number of hydrogen-bond acceptors (Lipinski definition) is 9. The number of ether oxygens (including phenoxy) is 2. The summed E-state index contributed by atoms with van der Waals surface area (Å²) in [6.45, 7) is 12.7. The lowest BCUT2D eigenvalue weighted by molar-refractivity contribution is 0.108. The molecule has 1 aromatic carbocycles. The molecule has 35 heavy (non-hydrogen) atoms. The van der Waals surface area contributed by atoms with Crippen LogP contribution in [-0.2, 0) is 4.74 Å². The van der Waals surface area contributed by atoms with Crippen molar-refractivity contribution in [2.24, 2.45) is 0 Å². The molecule has 0 saturated carbocycles. The number of rotatable bonds is 10. The van der Waals surface area contributed by atoms with E-state index in [1.165, 1.54) is 0 Å². The van der Waals surface area contributed by atoms with Gasteiger partial charge < -0.3 is 30.1 Å². The first-order valence-corrected chi connectivity index (χ1v) is 12.8. The fourth-order valence-corrected chi connectivity index (χ4v) is 4.79. The Labute approximate surface area is 208 Å². The lowest BCUT2D eigenvalue weighted by Gasteiger charge is -2.40. The molecular weight excluding hydrogens is 444 g/mol. The van der Waals surface area contributed by atoms with Crippen molar-refractivity contribution in [3.05, 3.63) is 29.8 Å². The predicted octanol–water partition coefficient (Wildman–Crippen LogP) is 2.14. The van der Waals surface area contributed by atoms with Crippen molar-refractivity contribution in [2.45, 2.75) is 45.4 Å². The van der Waals surface area contributed by atoms with E-state index in [4.69, 9.17) is 19.4 Å². The maximum Gasteiger partial charge on any atom is 0.164 e. The number of piperazine rings is 1. The van der Waals surface area contributed by atoms with Crippen LogP contribution in [0.15, 0.2) is 24.3 Å². The zero-order valence-electron chi connectivity index (χ0n) is 21.5. The number of benzene rings is 1. The Hall–Kier alpha value is -2.46. The average molecular weight is 485 g/mol. The van der Waals surface area contributed by atoms with Crippen LogP contribution in [0.1, 0.15) is 25.8 Å². The molecule has 2 aliphatic heterocycles. The molecular formula is C26H40N6O3. The van der Waals surface area contributed by atoms with Gasteiger partial charge >= 0.3 is 0 Å². The Kier molecular flexibility index (Phi) is 8.78. The number of aliphatic hydroxyl groups is 1. The summed E-state index contributed by atoms with van der Waals surface area (Å²) >= 11 is 0. The minimum atomic E-state index is -0.570. The van der Waals surface area contributed by atoms with E-state index in [2.05, 4.69) is 41.2 Å². The van der Waals surface area contributed by atoms with Gasteiger partial charge in [-0.25, -0.2) is 9.97 Å². The van der Waals surface area contributed by atoms with Gasteiger partial charge in [-0.2, -0.15) is 0 Å². The summed E-state index contributed by atoms with van der Waals surface area (Å²) in [6.07, 6.45) is 0.401. The van der Waals surface area contributed by atoms with Crippen molar-refractivity contribution < 1.29 is 14.6 Å². The van der Waals surface area contributed by atoms with Crippen molar-refractivity contribution >= 4 is 11.6 Å². The molecule has 0 amide bonds. The lowest BCUT2D eigenvalue weighted by Crippen LogP contribution is -2.52. The molecule has 3 atom stereocenters. The Morgan fingerprint density at radius 1 is 1.29 bits per heavy atom. The molecule has 192 valence electrons. The quantitative estimate of drug-likeness (QED) is 0.469. The summed E-state index contributed by atoms with van der Waals surface area (Å²) < 4.78 is 11.4. The maximum atomic E-state index is 10.00. The van der Waals surface area contributed by atoms with Crippen LogP contribution in [0.4, 0.5) is 11.6 Å². The van der Waals surface area contributed by atoms with Gasteiger partial charge in [0.25, 0.3) is 0 Å². The number of likely N-dealkylation sites (N-methyl/N-ethyl adjacent to an activating group) is 2. The summed E-state index contributed by atoms with van der Waals surface area (Å²) in [7, 11) is 1.81. The smallest absolute Gasteiger partial charge is 0.164 e. The minimum absolute atomic E-state index is 0.221. The van der Waals surface area contributed by atoms with Crippen LogP contribution in [0.2, 0.25) is 0 Å². The Morgan fingerprint density at radius 2 is 2.14 bits per heavy atom. The molecule has 0 spiro atoms. The highest BCUT2D eigenvalue weighted by Crippen LogP contribution is 2.31. The van der Waals surface area contributed by atoms with Crippen molar-refractivity contribution in [1.29, 1.82) is 0 Å². The zero-order valence-corrected chi connectivity index (χ0v) is 21.5. The standard InChI is InChI=1S/C26H40N6O3/c1-5-31-10-11-32(15-18(31)2)26-19(3)24(28-21-9-12-34-16-21)29-25(30-26)20-7-6-8-23(13-20)35-17-22(33)14-27-4/h6-8,13,18,21-22,27,33H,5,9-12,14-17H2,1-4H3,(H,28,29,30)/t18-,21+,22?/m0/s1. The van der Waals surface area contributed by atoms with Gasteiger partial charge in [0.15, 0.2) is 5.82 Å². The monoisotopic (exact) mass is 484 g/mol. The second kappa shape index (κ2) is 12.0. The molecule has 0 aliphatic carbocycles. The highest BCUT2D eigenvalue weighted by atomic mass is 16.5. The van der Waals surface area contributed by atoms with E-state index >= 15 is 0 Å². The number of nitrogens with zero attached hydrogens (tertiary/aromatic N) is 4. The highest BCUT2D eigenvalue weighted by molar-refractivity contribution is 5.67. The van der Waals surface area contributed by atoms with Gasteiger partial charge in [-0.05, 0) is 46.0 Å². The third kappa shape index (κ3) is 6.41. The van der Waals surface area contributed by atoms with Crippen LogP contribution in [0.5, 0.6) is 5.75 Å². The molecule has 0 radical (unpaired) electrons. The van der Waals surface area contributed by atoms with Crippen LogP contribution >= 0.6 is 0 Å². The molecule has 9 heteroatoms. The molecule has 2 saturated heterocycles. The Balaban J connectivity index is 1.63. The number of aliphatic hydroxyl groups excluding tert-OH is 1. The highest BCUT2D eigenvalue weighted by Gasteiger charge is 2.27. The summed E-state index contributed by atoms with van der Waals surface area (Å²) in [5.41, 5.74) is 1.96. The molecule has 9 nitrogen and oxygen atoms in total. The Bertz CT molecular complexity index is 968. The second-order valence-corrected chi connectivity index (χ2v) is 9.52. The van der Waals surface area contributed by atoms with E-state index < -0.39 is 6.10 Å². The fourth-order valence-electron chi connectivity index (χ4n) is 4.79. The van der Waals surface area contributed by atoms with Gasteiger partial charge in [0.05, 0.1) is 12.6 Å². The first kappa shape index (κ1) is 25.6. The number of aromatic nitrogens is 2. The summed E-state index contributed by atoms with van der Waals surface area (Å²) in [5, 5.41) is 16.6. The van der Waals surface area contributed by atoms with Crippen LogP contribution in [-0.4, -0.2) is 97.8 Å². The van der Waals surface area contributed by atoms with Crippen molar-refractivity contribution in [2.75, 3.05) is 69.8 Å². The van der Waals surface area contributed by atoms with Crippen LogP contribution in [0.25, 0.3) is 11.4 Å². The van der Waals surface area contributed by atoms with Crippen molar-refractivity contribution in [1.82, 2.24) is 20.2 Å². The Morgan fingerprint density at radius 3 is 2.86 bits per heavy atom. The summed E-state index contributed by atoms with van der Waals surface area (Å²) in [5.74, 6) is 3.20. The summed E-state index contributed by atoms with van der Waals surface area (Å²) in [6, 6.07) is 8.51. The van der Waals surface area contributed by atoms with E-state index in [0.717, 1.165) is 62.0 Å². The summed E-state index contributed by atoms with van der Waals surface area (Å²) in [4.78, 5) is 14.9. The second-order valence-electron chi connectivity index (χ2n) is 9.52. The van der Waals surface area contributed by atoms with Gasteiger partial charge in [-0.15, -0.1) is 0 Å². The zero-order chi connectivity index (χ0) is 24.8. The normalized spacial score (nSPS) is 21.8. The molecule has 2 fully saturated rings. The lowest BCUT2D eigenvalue weighted by atomic mass is 10.1. The van der Waals surface area contributed by atoms with E-state index in [-0.39, 0.29) is 12.6 Å². The van der Waals surface area contributed by atoms with E-state index in [1.54, 1.807) is 0 Å². The third-order valence-corrected chi connectivity index (χ3v) is 6.84. The molecule has 1 aromatic heterocycles. The van der Waals surface area contributed by atoms with Crippen LogP contribution in [0.3, 0.4) is 0 Å². The van der Waals surface area contributed by atoms with Crippen molar-refractivity contribution in [3.63, 3.8) is 0 Å². The third-order valence-electron chi connectivity index (χ3n) is 6.84. The predicted molar refractivity (Wildman–Crippen MR) is 139 cm³/mol. The van der Waals surface area contributed by atoms with E-state index in [1.807, 2.05) is 31.3 Å². The van der Waals surface area contributed by atoms with E-state index in [9.17, 15) is 5.11 Å². The molecule has 1 unspecified atom stereocenters. The number of hydrogen-bond donors (Lipinski definition) is 3. The van der Waals surface area contributed by atoms with Gasteiger partial charge in [-0.3, -0.25) is 4.90 Å². The van der Waals surface area contributed by atoms with Gasteiger partial charge in [0.2, 0.25) is 0 Å². The largest absolute Gasteiger partial charge is 0.491 e. The van der Waals surface area contributed by atoms with Crippen molar-refractivity contribution in [3.8, 4) is 17.1 Å². The van der Waals surface area contributed by atoms with Gasteiger partial charge in [0.1, 0.15) is 30.1 Å². The topological polar surface area (TPSA) is 95.0 Å². The maximum absolute atomic E-state index is 10.00. The average Bonchev–Trinajstić information content (AvgIpc) is 3.37. The first-order valence-electron chi connectivity index (χ1n) is 12.8. The molecule has 2 aliphatic rings. The number of nitrogens with one attached hydrogen (secondary N) is 2. The SMILES string of the molecule is CCN1CCN(c2nc(-c3cccc(OCC(O)CNC)c3)nc(N[C@@H]3CCOC3)c2C)C[C@@H]1C. The van der Waals surface area contributed by atoms with Crippen LogP contribution < -0.4 is 20.3 Å². The van der Waals surface area contributed by atoms with E-state index in [0.29, 0.717) is 30.8 Å². The minimum Gasteiger partial charge on any atom is -0.491 e. The number of anilines is 2. The molecule has 0 bridgehead atoms. The molecule has 2 aromatic rings. The first-order chi connectivity index (χ1) is 17.0. The fraction of sp³-hybridized carbons (Fsp3) is 0.615. The van der Waals surface area contributed by atoms with Crippen LogP contribution in [0, 0.1) is 6.92 Å².